The van der Waals surface area contributed by atoms with Crippen molar-refractivity contribution in [1.82, 2.24) is 10.3 Å². The highest BCUT2D eigenvalue weighted by Gasteiger charge is 2.09. The smallest absolute Gasteiger partial charge is 0.220 e. The molecule has 1 atom stereocenters. The molecule has 0 aliphatic heterocycles. The van der Waals surface area contributed by atoms with Gasteiger partial charge in [-0.15, -0.1) is 0 Å². The van der Waals surface area contributed by atoms with Crippen LogP contribution in [0, 0.1) is 0 Å². The first-order valence-corrected chi connectivity index (χ1v) is 9.10. The summed E-state index contributed by atoms with van der Waals surface area (Å²) in [5, 5.41) is 4.38. The Balaban J connectivity index is 1.39. The second kappa shape index (κ2) is 8.52. The fourth-order valence-corrected chi connectivity index (χ4v) is 3.22. The van der Waals surface area contributed by atoms with Gasteiger partial charge in [0.1, 0.15) is 0 Å². The predicted molar refractivity (Wildman–Crippen MR) is 104 cm³/mol. The Bertz CT molecular complexity index is 807. The van der Waals surface area contributed by atoms with Crippen LogP contribution in [0.2, 0.25) is 0 Å². The largest absolute Gasteiger partial charge is 0.361 e. The topological polar surface area (TPSA) is 44.9 Å². The first kappa shape index (κ1) is 17.3. The molecular formula is C22H26N2O. The molecule has 25 heavy (non-hydrogen) atoms. The van der Waals surface area contributed by atoms with E-state index in [1.54, 1.807) is 0 Å². The Morgan fingerprint density at radius 3 is 2.64 bits per heavy atom. The van der Waals surface area contributed by atoms with Crippen LogP contribution in [0.25, 0.3) is 10.9 Å². The molecule has 2 N–H and O–H groups in total. The van der Waals surface area contributed by atoms with Gasteiger partial charge in [-0.1, -0.05) is 48.5 Å². The van der Waals surface area contributed by atoms with Crippen molar-refractivity contribution in [3.63, 3.8) is 0 Å². The van der Waals surface area contributed by atoms with E-state index in [9.17, 15) is 4.79 Å². The monoisotopic (exact) mass is 334 g/mol. The number of H-pyrrole nitrogens is 1. The molecule has 3 rings (SSSR count). The van der Waals surface area contributed by atoms with Gasteiger partial charge >= 0.3 is 0 Å². The lowest BCUT2D eigenvalue weighted by atomic mass is 10.1. The third-order valence-corrected chi connectivity index (χ3v) is 4.64. The molecule has 1 unspecified atom stereocenters. The van der Waals surface area contributed by atoms with Gasteiger partial charge in [0.2, 0.25) is 5.91 Å². The van der Waals surface area contributed by atoms with E-state index in [0.29, 0.717) is 6.42 Å². The van der Waals surface area contributed by atoms with Gasteiger partial charge in [0, 0.05) is 29.6 Å². The molecule has 1 amide bonds. The Kier molecular flexibility index (Phi) is 5.89. The van der Waals surface area contributed by atoms with E-state index in [-0.39, 0.29) is 11.9 Å². The molecular weight excluding hydrogens is 308 g/mol. The van der Waals surface area contributed by atoms with Crippen LogP contribution in [0.5, 0.6) is 0 Å². The lowest BCUT2D eigenvalue weighted by molar-refractivity contribution is -0.121. The predicted octanol–water partition coefficient (Wildman–Crippen LogP) is 4.63. The standard InChI is InChI=1S/C22H26N2O/c1-17(14-15-18-8-3-2-4-9-18)24-22(25)13-7-10-19-16-23-21-12-6-5-11-20(19)21/h2-6,8-9,11-12,16-17,23H,7,10,13-15H2,1H3,(H,24,25). The van der Waals surface area contributed by atoms with Crippen LogP contribution < -0.4 is 5.32 Å². The number of para-hydroxylation sites is 1. The van der Waals surface area contributed by atoms with Gasteiger partial charge in [0.05, 0.1) is 0 Å². The number of rotatable bonds is 8. The molecule has 2 aromatic carbocycles. The third kappa shape index (κ3) is 4.96. The van der Waals surface area contributed by atoms with Crippen LogP contribution in [0.3, 0.4) is 0 Å². The van der Waals surface area contributed by atoms with Gasteiger partial charge in [0.15, 0.2) is 0 Å². The van der Waals surface area contributed by atoms with Crippen molar-refractivity contribution in [3.8, 4) is 0 Å². The van der Waals surface area contributed by atoms with Gasteiger partial charge in [-0.3, -0.25) is 4.79 Å². The van der Waals surface area contributed by atoms with Crippen molar-refractivity contribution in [1.29, 1.82) is 0 Å². The molecule has 0 radical (unpaired) electrons. The van der Waals surface area contributed by atoms with E-state index < -0.39 is 0 Å². The fourth-order valence-electron chi connectivity index (χ4n) is 3.22. The van der Waals surface area contributed by atoms with Crippen molar-refractivity contribution in [2.45, 2.75) is 45.1 Å². The molecule has 0 fully saturated rings. The van der Waals surface area contributed by atoms with Crippen molar-refractivity contribution in [3.05, 3.63) is 71.9 Å². The lowest BCUT2D eigenvalue weighted by Crippen LogP contribution is -2.32. The SMILES string of the molecule is CC(CCc1ccccc1)NC(=O)CCCc1c[nH]c2ccccc12. The summed E-state index contributed by atoms with van der Waals surface area (Å²) in [6.45, 7) is 2.08. The zero-order chi connectivity index (χ0) is 17.5. The number of carbonyl (C=O) groups excluding carboxylic acids is 1. The minimum atomic E-state index is 0.153. The van der Waals surface area contributed by atoms with E-state index >= 15 is 0 Å². The van der Waals surface area contributed by atoms with Gasteiger partial charge < -0.3 is 10.3 Å². The lowest BCUT2D eigenvalue weighted by Gasteiger charge is -2.14. The highest BCUT2D eigenvalue weighted by atomic mass is 16.1. The maximum atomic E-state index is 12.1. The zero-order valence-corrected chi connectivity index (χ0v) is 14.8. The van der Waals surface area contributed by atoms with Gasteiger partial charge in [-0.25, -0.2) is 0 Å². The number of hydrogen-bond acceptors (Lipinski definition) is 1. The Morgan fingerprint density at radius 2 is 1.80 bits per heavy atom. The minimum Gasteiger partial charge on any atom is -0.361 e. The molecule has 0 saturated carbocycles. The third-order valence-electron chi connectivity index (χ3n) is 4.64. The fraction of sp³-hybridized carbons (Fsp3) is 0.318. The van der Waals surface area contributed by atoms with Crippen LogP contribution in [0.15, 0.2) is 60.8 Å². The Morgan fingerprint density at radius 1 is 1.04 bits per heavy atom. The zero-order valence-electron chi connectivity index (χ0n) is 14.8. The van der Waals surface area contributed by atoms with Crippen LogP contribution >= 0.6 is 0 Å². The summed E-state index contributed by atoms with van der Waals surface area (Å²) in [5.74, 6) is 0.153. The van der Waals surface area contributed by atoms with E-state index in [1.807, 2.05) is 12.1 Å². The molecule has 3 heteroatoms. The number of aryl methyl sites for hydroxylation is 2. The van der Waals surface area contributed by atoms with Crippen molar-refractivity contribution >= 4 is 16.8 Å². The van der Waals surface area contributed by atoms with Gasteiger partial charge in [-0.2, -0.15) is 0 Å². The summed E-state index contributed by atoms with van der Waals surface area (Å²) in [7, 11) is 0. The molecule has 3 aromatic rings. The van der Waals surface area contributed by atoms with Crippen LogP contribution in [0.1, 0.15) is 37.3 Å². The number of benzene rings is 2. The molecule has 3 nitrogen and oxygen atoms in total. The number of amides is 1. The molecule has 1 aromatic heterocycles. The highest BCUT2D eigenvalue weighted by Crippen LogP contribution is 2.19. The molecule has 130 valence electrons. The number of aromatic nitrogens is 1. The maximum absolute atomic E-state index is 12.1. The van der Waals surface area contributed by atoms with E-state index in [4.69, 9.17) is 0 Å². The molecule has 0 aliphatic carbocycles. The number of hydrogen-bond donors (Lipinski definition) is 2. The van der Waals surface area contributed by atoms with Crippen LogP contribution in [-0.2, 0) is 17.6 Å². The average molecular weight is 334 g/mol. The first-order chi connectivity index (χ1) is 12.2. The molecule has 0 bridgehead atoms. The van der Waals surface area contributed by atoms with Crippen LogP contribution in [-0.4, -0.2) is 16.9 Å². The average Bonchev–Trinajstić information content (AvgIpc) is 3.04. The second-order valence-corrected chi connectivity index (χ2v) is 6.71. The highest BCUT2D eigenvalue weighted by molar-refractivity contribution is 5.83. The molecule has 0 spiro atoms. The number of aromatic amines is 1. The van der Waals surface area contributed by atoms with E-state index in [2.05, 4.69) is 65.9 Å². The Hall–Kier alpha value is -2.55. The minimum absolute atomic E-state index is 0.153. The number of fused-ring (bicyclic) bond motifs is 1. The molecule has 1 heterocycles. The van der Waals surface area contributed by atoms with Gasteiger partial charge in [0.25, 0.3) is 0 Å². The molecule has 0 saturated heterocycles. The number of carbonyl (C=O) groups is 1. The van der Waals surface area contributed by atoms with Crippen molar-refractivity contribution < 1.29 is 4.79 Å². The number of nitrogens with one attached hydrogen (secondary N) is 2. The van der Waals surface area contributed by atoms with Gasteiger partial charge in [-0.05, 0) is 49.8 Å². The summed E-state index contributed by atoms with van der Waals surface area (Å²) in [4.78, 5) is 15.4. The Labute approximate surface area is 149 Å². The first-order valence-electron chi connectivity index (χ1n) is 9.10. The van der Waals surface area contributed by atoms with E-state index in [1.165, 1.54) is 16.5 Å². The summed E-state index contributed by atoms with van der Waals surface area (Å²) < 4.78 is 0. The summed E-state index contributed by atoms with van der Waals surface area (Å²) in [5.41, 5.74) is 3.78. The quantitative estimate of drug-likeness (QED) is 0.620. The summed E-state index contributed by atoms with van der Waals surface area (Å²) in [6.07, 6.45) is 6.41. The normalized spacial score (nSPS) is 12.2. The summed E-state index contributed by atoms with van der Waals surface area (Å²) >= 11 is 0. The summed E-state index contributed by atoms with van der Waals surface area (Å²) in [6, 6.07) is 18.9. The second-order valence-electron chi connectivity index (χ2n) is 6.71. The van der Waals surface area contributed by atoms with E-state index in [0.717, 1.165) is 31.2 Å². The van der Waals surface area contributed by atoms with Crippen molar-refractivity contribution in [2.24, 2.45) is 0 Å². The maximum Gasteiger partial charge on any atom is 0.220 e. The molecule has 0 aliphatic rings. The van der Waals surface area contributed by atoms with Crippen molar-refractivity contribution in [2.75, 3.05) is 0 Å². The van der Waals surface area contributed by atoms with Crippen LogP contribution in [0.4, 0.5) is 0 Å².